The van der Waals surface area contributed by atoms with Crippen molar-refractivity contribution < 1.29 is 9.53 Å². The SMILES string of the molecule is CCN1CCC2(c3cccc(OC)c3)C=C3NC(C(=O)N(CC)CC)C(C)C3CC2C1.Cl. The molecule has 4 rings (SSSR count). The lowest BCUT2D eigenvalue weighted by atomic mass is 9.59. The van der Waals surface area contributed by atoms with E-state index in [-0.39, 0.29) is 29.8 Å². The van der Waals surface area contributed by atoms with E-state index >= 15 is 0 Å². The Kier molecular flexibility index (Phi) is 7.82. The van der Waals surface area contributed by atoms with Gasteiger partial charge in [-0.1, -0.05) is 32.1 Å². The van der Waals surface area contributed by atoms with Crippen LogP contribution < -0.4 is 10.1 Å². The molecule has 2 fully saturated rings. The summed E-state index contributed by atoms with van der Waals surface area (Å²) in [4.78, 5) is 17.8. The van der Waals surface area contributed by atoms with Gasteiger partial charge in [-0.05, 0) is 69.3 Å². The number of amides is 1. The molecule has 1 aromatic rings. The highest BCUT2D eigenvalue weighted by Gasteiger charge is 2.52. The second kappa shape index (κ2) is 10.0. The first kappa shape index (κ1) is 24.9. The Morgan fingerprint density at radius 3 is 2.69 bits per heavy atom. The van der Waals surface area contributed by atoms with Gasteiger partial charge in [0.25, 0.3) is 0 Å². The highest BCUT2D eigenvalue weighted by molar-refractivity contribution is 5.85. The first-order chi connectivity index (χ1) is 15.0. The lowest BCUT2D eigenvalue weighted by Crippen LogP contribution is -2.51. The van der Waals surface area contributed by atoms with Gasteiger partial charge < -0.3 is 19.9 Å². The quantitative estimate of drug-likeness (QED) is 0.693. The first-order valence-electron chi connectivity index (χ1n) is 12.1. The normalized spacial score (nSPS) is 31.5. The molecule has 0 spiro atoms. The number of benzene rings is 1. The summed E-state index contributed by atoms with van der Waals surface area (Å²) in [5, 5.41) is 3.70. The minimum atomic E-state index is -0.110. The van der Waals surface area contributed by atoms with E-state index in [1.165, 1.54) is 11.3 Å². The van der Waals surface area contributed by atoms with Crippen molar-refractivity contribution in [3.05, 3.63) is 41.6 Å². The van der Waals surface area contributed by atoms with E-state index in [2.05, 4.69) is 62.2 Å². The molecular formula is C26H40ClN3O2. The van der Waals surface area contributed by atoms with Crippen LogP contribution in [0.5, 0.6) is 5.75 Å². The van der Waals surface area contributed by atoms with Crippen LogP contribution >= 0.6 is 12.4 Å². The summed E-state index contributed by atoms with van der Waals surface area (Å²) in [5.74, 6) is 2.48. The molecule has 5 unspecified atom stereocenters. The number of ether oxygens (including phenoxy) is 1. The van der Waals surface area contributed by atoms with E-state index in [9.17, 15) is 4.79 Å². The van der Waals surface area contributed by atoms with Crippen LogP contribution in [0.3, 0.4) is 0 Å². The third-order valence-corrected chi connectivity index (χ3v) is 8.28. The second-order valence-electron chi connectivity index (χ2n) is 9.55. The fourth-order valence-electron chi connectivity index (χ4n) is 6.28. The van der Waals surface area contributed by atoms with Crippen LogP contribution in [0.15, 0.2) is 36.0 Å². The summed E-state index contributed by atoms with van der Waals surface area (Å²) in [6.45, 7) is 13.5. The van der Waals surface area contributed by atoms with E-state index in [0.717, 1.165) is 51.3 Å². The van der Waals surface area contributed by atoms with Crippen LogP contribution in [-0.4, -0.2) is 61.6 Å². The number of halogens is 1. The third-order valence-electron chi connectivity index (χ3n) is 8.28. The van der Waals surface area contributed by atoms with Crippen molar-refractivity contribution in [3.63, 3.8) is 0 Å². The summed E-state index contributed by atoms with van der Waals surface area (Å²) in [6.07, 6.45) is 4.76. The van der Waals surface area contributed by atoms with Crippen LogP contribution in [0.2, 0.25) is 0 Å². The van der Waals surface area contributed by atoms with Crippen LogP contribution in [-0.2, 0) is 10.2 Å². The molecule has 0 radical (unpaired) electrons. The molecule has 1 amide bonds. The largest absolute Gasteiger partial charge is 0.497 e. The van der Waals surface area contributed by atoms with Crippen molar-refractivity contribution >= 4 is 18.3 Å². The molecule has 1 aliphatic carbocycles. The van der Waals surface area contributed by atoms with E-state index in [4.69, 9.17) is 4.74 Å². The number of allylic oxidation sites excluding steroid dienone is 2. The topological polar surface area (TPSA) is 44.8 Å². The summed E-state index contributed by atoms with van der Waals surface area (Å²) < 4.78 is 5.57. The van der Waals surface area contributed by atoms with Crippen molar-refractivity contribution in [1.29, 1.82) is 0 Å². The molecule has 5 nitrogen and oxygen atoms in total. The molecule has 0 bridgehead atoms. The predicted octanol–water partition coefficient (Wildman–Crippen LogP) is 4.08. The monoisotopic (exact) mass is 461 g/mol. The zero-order valence-electron chi connectivity index (χ0n) is 20.3. The molecular weight excluding hydrogens is 422 g/mol. The third kappa shape index (κ3) is 4.14. The van der Waals surface area contributed by atoms with Crippen molar-refractivity contribution in [1.82, 2.24) is 15.1 Å². The van der Waals surface area contributed by atoms with Gasteiger partial charge >= 0.3 is 0 Å². The number of methoxy groups -OCH3 is 1. The Bertz CT molecular complexity index is 840. The van der Waals surface area contributed by atoms with Crippen molar-refractivity contribution in [2.75, 3.05) is 39.8 Å². The molecule has 0 saturated carbocycles. The fourth-order valence-corrected chi connectivity index (χ4v) is 6.28. The molecule has 1 N–H and O–H groups in total. The number of hydrogen-bond donors (Lipinski definition) is 1. The van der Waals surface area contributed by atoms with Gasteiger partial charge in [0, 0.05) is 36.7 Å². The smallest absolute Gasteiger partial charge is 0.245 e. The van der Waals surface area contributed by atoms with E-state index in [1.54, 1.807) is 7.11 Å². The van der Waals surface area contributed by atoms with E-state index in [1.807, 2.05) is 11.0 Å². The molecule has 32 heavy (non-hydrogen) atoms. The highest BCUT2D eigenvalue weighted by Crippen LogP contribution is 2.52. The Balaban J connectivity index is 0.00000289. The van der Waals surface area contributed by atoms with Gasteiger partial charge in [-0.3, -0.25) is 4.79 Å². The van der Waals surface area contributed by atoms with Gasteiger partial charge in [0.15, 0.2) is 0 Å². The van der Waals surface area contributed by atoms with Crippen molar-refractivity contribution in [2.24, 2.45) is 17.8 Å². The van der Waals surface area contributed by atoms with Crippen LogP contribution in [0.1, 0.15) is 46.1 Å². The number of carbonyl (C=O) groups is 1. The van der Waals surface area contributed by atoms with Crippen LogP contribution in [0.4, 0.5) is 0 Å². The van der Waals surface area contributed by atoms with E-state index in [0.29, 0.717) is 17.8 Å². The fraction of sp³-hybridized carbons (Fsp3) is 0.654. The molecule has 6 heteroatoms. The molecule has 178 valence electrons. The number of rotatable bonds is 6. The summed E-state index contributed by atoms with van der Waals surface area (Å²) >= 11 is 0. The maximum atomic E-state index is 13.2. The number of carbonyl (C=O) groups excluding carboxylic acids is 1. The zero-order chi connectivity index (χ0) is 22.2. The molecule has 2 saturated heterocycles. The van der Waals surface area contributed by atoms with Crippen LogP contribution in [0.25, 0.3) is 0 Å². The average Bonchev–Trinajstić information content (AvgIpc) is 3.12. The van der Waals surface area contributed by atoms with Crippen molar-refractivity contribution in [2.45, 2.75) is 52.0 Å². The minimum absolute atomic E-state index is 0. The van der Waals surface area contributed by atoms with Crippen LogP contribution in [0, 0.1) is 17.8 Å². The first-order valence-corrected chi connectivity index (χ1v) is 12.1. The lowest BCUT2D eigenvalue weighted by molar-refractivity contribution is -0.133. The summed E-state index contributed by atoms with van der Waals surface area (Å²) in [6, 6.07) is 8.53. The minimum Gasteiger partial charge on any atom is -0.497 e. The maximum Gasteiger partial charge on any atom is 0.245 e. The molecule has 3 aliphatic rings. The van der Waals surface area contributed by atoms with Gasteiger partial charge in [-0.25, -0.2) is 0 Å². The highest BCUT2D eigenvalue weighted by atomic mass is 35.5. The van der Waals surface area contributed by atoms with E-state index < -0.39 is 0 Å². The Morgan fingerprint density at radius 2 is 2.03 bits per heavy atom. The van der Waals surface area contributed by atoms with Gasteiger partial charge in [0.2, 0.25) is 5.91 Å². The van der Waals surface area contributed by atoms with Crippen molar-refractivity contribution in [3.8, 4) is 5.75 Å². The summed E-state index contributed by atoms with van der Waals surface area (Å²) in [7, 11) is 1.74. The average molecular weight is 462 g/mol. The standard InChI is InChI=1S/C26H39N3O2.ClH/c1-6-28-13-12-26(19-10-9-11-21(14-19)31-5)16-23-22(15-20(26)17-28)18(4)24(27-23)25(30)29(7-2)8-3;/h9-11,14,16,18,20,22,24,27H,6-8,12-13,15,17H2,1-5H3;1H. The Labute approximate surface area is 200 Å². The zero-order valence-corrected chi connectivity index (χ0v) is 21.1. The number of hydrogen-bond acceptors (Lipinski definition) is 4. The lowest BCUT2D eigenvalue weighted by Gasteiger charge is -2.50. The Hall–Kier alpha value is -1.72. The molecule has 2 heterocycles. The van der Waals surface area contributed by atoms with Gasteiger partial charge in [0.05, 0.1) is 7.11 Å². The maximum absolute atomic E-state index is 13.2. The summed E-state index contributed by atoms with van der Waals surface area (Å²) in [5.41, 5.74) is 2.65. The number of likely N-dealkylation sites (tertiary alicyclic amines) is 1. The molecule has 2 aliphatic heterocycles. The second-order valence-corrected chi connectivity index (χ2v) is 9.55. The van der Waals surface area contributed by atoms with Gasteiger partial charge in [0.1, 0.15) is 11.8 Å². The molecule has 1 aromatic carbocycles. The number of fused-ring (bicyclic) bond motifs is 2. The number of likely N-dealkylation sites (N-methyl/N-ethyl adjacent to an activating group) is 1. The predicted molar refractivity (Wildman–Crippen MR) is 132 cm³/mol. The van der Waals surface area contributed by atoms with Gasteiger partial charge in [-0.15, -0.1) is 12.4 Å². The number of nitrogens with zero attached hydrogens (tertiary/aromatic N) is 2. The number of piperidine rings is 1. The molecule has 0 aromatic heterocycles. The molecule has 5 atom stereocenters. The number of nitrogens with one attached hydrogen (secondary N) is 1. The Morgan fingerprint density at radius 1 is 1.28 bits per heavy atom. The van der Waals surface area contributed by atoms with Gasteiger partial charge in [-0.2, -0.15) is 0 Å².